The second-order valence-corrected chi connectivity index (χ2v) is 15.4. The summed E-state index contributed by atoms with van der Waals surface area (Å²) in [7, 11) is -6.00. The van der Waals surface area contributed by atoms with Crippen LogP contribution in [0.4, 0.5) is 8.78 Å². The van der Waals surface area contributed by atoms with E-state index in [1.165, 1.54) is 16.4 Å². The topological polar surface area (TPSA) is 46.6 Å². The molecule has 0 saturated carbocycles. The molecule has 0 unspecified atom stereocenters. The largest absolute Gasteiger partial charge is 0.415 e. The molecule has 1 aromatic rings. The van der Waals surface area contributed by atoms with Crippen LogP contribution in [0.3, 0.4) is 0 Å². The highest BCUT2D eigenvalue weighted by molar-refractivity contribution is 7.89. The average molecular weight is 418 g/mol. The van der Waals surface area contributed by atoms with Crippen molar-refractivity contribution in [2.75, 3.05) is 13.2 Å². The van der Waals surface area contributed by atoms with Crippen LogP contribution in [0, 0.1) is 6.92 Å². The summed E-state index contributed by atoms with van der Waals surface area (Å²) in [5.74, 6) is 0. The van der Waals surface area contributed by atoms with Crippen LogP contribution in [0.1, 0.15) is 32.8 Å². The Labute approximate surface area is 162 Å². The van der Waals surface area contributed by atoms with Gasteiger partial charge in [0, 0.05) is 12.1 Å². The number of hydrogen-bond acceptors (Lipinski definition) is 3. The van der Waals surface area contributed by atoms with Crippen LogP contribution in [0.25, 0.3) is 0 Å². The van der Waals surface area contributed by atoms with Gasteiger partial charge in [-0.3, -0.25) is 0 Å². The van der Waals surface area contributed by atoms with Crippen molar-refractivity contribution < 1.29 is 21.6 Å². The molecule has 1 aliphatic heterocycles. The Morgan fingerprint density at radius 2 is 1.78 bits per heavy atom. The van der Waals surface area contributed by atoms with E-state index in [1.54, 1.807) is 12.1 Å². The molecule has 0 spiro atoms. The summed E-state index contributed by atoms with van der Waals surface area (Å²) in [6, 6.07) is 5.82. The SMILES string of the molecule is Cc1ccc(S(=O)(=O)N2CC(=C(F)F)C[C@H]2CO[Si](C)(C)C(C)(C)C)cc1. The Bertz CT molecular complexity index is 810. The van der Waals surface area contributed by atoms with E-state index in [0.29, 0.717) is 0 Å². The molecule has 0 N–H and O–H groups in total. The molecular formula is C19H29F2NO3SSi. The predicted octanol–water partition coefficient (Wildman–Crippen LogP) is 4.93. The van der Waals surface area contributed by atoms with E-state index in [9.17, 15) is 17.2 Å². The molecule has 4 nitrogen and oxygen atoms in total. The molecule has 0 aliphatic carbocycles. The number of sulfonamides is 1. The normalized spacial score (nSPS) is 19.6. The van der Waals surface area contributed by atoms with Gasteiger partial charge < -0.3 is 4.43 Å². The van der Waals surface area contributed by atoms with Crippen LogP contribution in [0.5, 0.6) is 0 Å². The Morgan fingerprint density at radius 1 is 1.22 bits per heavy atom. The lowest BCUT2D eigenvalue weighted by atomic mass is 10.2. The first-order valence-corrected chi connectivity index (χ1v) is 13.4. The van der Waals surface area contributed by atoms with Gasteiger partial charge in [0.1, 0.15) is 0 Å². The van der Waals surface area contributed by atoms with E-state index < -0.39 is 30.5 Å². The van der Waals surface area contributed by atoms with Gasteiger partial charge in [0.15, 0.2) is 8.32 Å². The van der Waals surface area contributed by atoms with Gasteiger partial charge in [-0.05, 0) is 43.6 Å². The molecule has 0 radical (unpaired) electrons. The molecule has 1 heterocycles. The van der Waals surface area contributed by atoms with Crippen molar-refractivity contribution in [1.29, 1.82) is 0 Å². The molecular weight excluding hydrogens is 388 g/mol. The maximum Gasteiger partial charge on any atom is 0.270 e. The summed E-state index contributed by atoms with van der Waals surface area (Å²) in [6.07, 6.45) is -1.80. The van der Waals surface area contributed by atoms with E-state index in [1.807, 2.05) is 6.92 Å². The van der Waals surface area contributed by atoms with E-state index in [-0.39, 0.29) is 35.1 Å². The molecule has 1 fully saturated rings. The van der Waals surface area contributed by atoms with Crippen molar-refractivity contribution in [2.45, 2.75) is 63.2 Å². The van der Waals surface area contributed by atoms with Gasteiger partial charge in [-0.15, -0.1) is 0 Å². The van der Waals surface area contributed by atoms with E-state index in [2.05, 4.69) is 33.9 Å². The van der Waals surface area contributed by atoms with Gasteiger partial charge >= 0.3 is 0 Å². The van der Waals surface area contributed by atoms with Crippen molar-refractivity contribution in [1.82, 2.24) is 4.31 Å². The number of hydrogen-bond donors (Lipinski definition) is 0. The summed E-state index contributed by atoms with van der Waals surface area (Å²) in [4.78, 5) is 0.117. The molecule has 1 atom stereocenters. The molecule has 152 valence electrons. The maximum atomic E-state index is 13.2. The fourth-order valence-electron chi connectivity index (χ4n) is 2.69. The number of nitrogens with zero attached hydrogens (tertiary/aromatic N) is 1. The van der Waals surface area contributed by atoms with Crippen LogP contribution in [-0.2, 0) is 14.4 Å². The second-order valence-electron chi connectivity index (χ2n) is 8.66. The highest BCUT2D eigenvalue weighted by atomic mass is 32.2. The number of aryl methyl sites for hydroxylation is 1. The summed E-state index contributed by atoms with van der Waals surface area (Å²) >= 11 is 0. The molecule has 2 rings (SSSR count). The third-order valence-electron chi connectivity index (χ3n) is 5.57. The van der Waals surface area contributed by atoms with Crippen LogP contribution < -0.4 is 0 Å². The van der Waals surface area contributed by atoms with Gasteiger partial charge in [0.05, 0.1) is 17.5 Å². The zero-order chi connectivity index (χ0) is 20.6. The lowest BCUT2D eigenvalue weighted by molar-refractivity contribution is 0.215. The van der Waals surface area contributed by atoms with Crippen molar-refractivity contribution in [3.05, 3.63) is 41.5 Å². The monoisotopic (exact) mass is 417 g/mol. The molecule has 1 aromatic carbocycles. The first-order valence-electron chi connectivity index (χ1n) is 9.01. The highest BCUT2D eigenvalue weighted by Crippen LogP contribution is 2.38. The Morgan fingerprint density at radius 3 is 2.26 bits per heavy atom. The first-order chi connectivity index (χ1) is 12.3. The average Bonchev–Trinajstić information content (AvgIpc) is 2.98. The van der Waals surface area contributed by atoms with Crippen LogP contribution in [-0.4, -0.2) is 40.2 Å². The summed E-state index contributed by atoms with van der Waals surface area (Å²) in [6.45, 7) is 12.1. The van der Waals surface area contributed by atoms with Crippen molar-refractivity contribution in [3.8, 4) is 0 Å². The minimum atomic E-state index is -3.87. The summed E-state index contributed by atoms with van der Waals surface area (Å²) < 4.78 is 59.9. The van der Waals surface area contributed by atoms with Gasteiger partial charge in [-0.2, -0.15) is 13.1 Å². The fraction of sp³-hybridized carbons (Fsp3) is 0.579. The van der Waals surface area contributed by atoms with Gasteiger partial charge in [0.2, 0.25) is 10.0 Å². The molecule has 0 amide bonds. The summed E-state index contributed by atoms with van der Waals surface area (Å²) in [5, 5.41) is -0.0454. The van der Waals surface area contributed by atoms with Crippen LogP contribution in [0.15, 0.2) is 40.8 Å². The van der Waals surface area contributed by atoms with Gasteiger partial charge in [0.25, 0.3) is 6.08 Å². The Kier molecular flexibility index (Phi) is 6.36. The van der Waals surface area contributed by atoms with Crippen molar-refractivity contribution in [3.63, 3.8) is 0 Å². The van der Waals surface area contributed by atoms with Crippen molar-refractivity contribution >= 4 is 18.3 Å². The zero-order valence-electron chi connectivity index (χ0n) is 16.8. The Hall–Kier alpha value is -1.09. The van der Waals surface area contributed by atoms with Crippen molar-refractivity contribution in [2.24, 2.45) is 0 Å². The summed E-state index contributed by atoms with van der Waals surface area (Å²) in [5.41, 5.74) is 0.804. The zero-order valence-corrected chi connectivity index (χ0v) is 18.7. The molecule has 1 saturated heterocycles. The smallest absolute Gasteiger partial charge is 0.270 e. The number of halogens is 2. The lowest BCUT2D eigenvalue weighted by Gasteiger charge is -2.37. The third kappa shape index (κ3) is 4.85. The standard InChI is InChI=1S/C19H29F2NO3SSi/c1-14-7-9-17(10-8-14)26(23,24)22-12-15(18(20)21)11-16(22)13-25-27(5,6)19(2,3)4/h7-10,16H,11-13H2,1-6H3/t16-/m0/s1. The van der Waals surface area contributed by atoms with Crippen LogP contribution in [0.2, 0.25) is 18.1 Å². The van der Waals surface area contributed by atoms with E-state index >= 15 is 0 Å². The number of benzene rings is 1. The molecule has 0 bridgehead atoms. The highest BCUT2D eigenvalue weighted by Gasteiger charge is 2.42. The quantitative estimate of drug-likeness (QED) is 0.638. The third-order valence-corrected chi connectivity index (χ3v) is 12.0. The minimum Gasteiger partial charge on any atom is -0.415 e. The molecule has 27 heavy (non-hydrogen) atoms. The second kappa shape index (κ2) is 7.73. The molecule has 0 aromatic heterocycles. The van der Waals surface area contributed by atoms with E-state index in [4.69, 9.17) is 4.43 Å². The maximum absolute atomic E-state index is 13.2. The molecule has 1 aliphatic rings. The lowest BCUT2D eigenvalue weighted by Crippen LogP contribution is -2.45. The Balaban J connectivity index is 2.31. The minimum absolute atomic E-state index is 0.00203. The first kappa shape index (κ1) is 22.2. The number of rotatable bonds is 5. The fourth-order valence-corrected chi connectivity index (χ4v) is 5.34. The van der Waals surface area contributed by atoms with Gasteiger partial charge in [-0.1, -0.05) is 38.5 Å². The predicted molar refractivity (Wildman–Crippen MR) is 106 cm³/mol. The van der Waals surface area contributed by atoms with E-state index in [0.717, 1.165) is 5.56 Å². The van der Waals surface area contributed by atoms with Crippen LogP contribution >= 0.6 is 0 Å². The van der Waals surface area contributed by atoms with Gasteiger partial charge in [-0.25, -0.2) is 8.42 Å². The molecule has 8 heteroatoms.